The van der Waals surface area contributed by atoms with Crippen molar-refractivity contribution in [3.8, 4) is 11.9 Å². The number of hydrogen-bond donors (Lipinski definition) is 3. The number of H-pyrrole nitrogens is 2. The number of nitrogens with zero attached hydrogens (tertiary/aromatic N) is 5. The number of nitrogens with one attached hydrogen (secondary N) is 2. The number of imidazole rings is 1. The molecule has 1 aliphatic carbocycles. The van der Waals surface area contributed by atoms with Crippen LogP contribution >= 0.6 is 0 Å². The van der Waals surface area contributed by atoms with Crippen LogP contribution in [0.5, 0.6) is 5.88 Å². The van der Waals surface area contributed by atoms with Gasteiger partial charge >= 0.3 is 5.69 Å². The van der Waals surface area contributed by atoms with E-state index in [4.69, 9.17) is 15.2 Å². The molecule has 0 unspecified atom stereocenters. The lowest BCUT2D eigenvalue weighted by Gasteiger charge is -2.04. The molecule has 30 heavy (non-hydrogen) atoms. The van der Waals surface area contributed by atoms with Crippen LogP contribution in [0.4, 0.5) is 0 Å². The number of benzene rings is 1. The van der Waals surface area contributed by atoms with Gasteiger partial charge in [0.25, 0.3) is 0 Å². The van der Waals surface area contributed by atoms with E-state index in [1.54, 1.807) is 22.9 Å². The molecule has 1 aliphatic rings. The molecule has 3 N–H and O–H groups in total. The summed E-state index contributed by atoms with van der Waals surface area (Å²) >= 11 is 0. The molecule has 1 fully saturated rings. The topological polar surface area (TPSA) is 135 Å². The van der Waals surface area contributed by atoms with E-state index in [2.05, 4.69) is 21.1 Å². The molecule has 0 amide bonds. The Kier molecular flexibility index (Phi) is 4.17. The van der Waals surface area contributed by atoms with Crippen molar-refractivity contribution in [2.45, 2.75) is 25.3 Å². The number of aromatic hydroxyl groups is 1. The fourth-order valence-electron chi connectivity index (χ4n) is 3.30. The van der Waals surface area contributed by atoms with Gasteiger partial charge in [0.1, 0.15) is 5.69 Å². The molecule has 0 spiro atoms. The summed E-state index contributed by atoms with van der Waals surface area (Å²) in [6, 6.07) is 11.8. The summed E-state index contributed by atoms with van der Waals surface area (Å²) in [7, 11) is 0. The first kappa shape index (κ1) is 17.9. The Labute approximate surface area is 169 Å². The molecule has 0 saturated heterocycles. The number of aromatic nitrogens is 5. The Bertz CT molecular complexity index is 1480. The molecular weight excluding hydrogens is 382 g/mol. The summed E-state index contributed by atoms with van der Waals surface area (Å²) in [5.74, 6) is -0.244. The summed E-state index contributed by atoms with van der Waals surface area (Å²) in [5.41, 5.74) is 3.40. The normalized spacial score (nSPS) is 15.0. The van der Waals surface area contributed by atoms with Gasteiger partial charge in [0.05, 0.1) is 29.6 Å². The SMILES string of the molecule is N#Cc1cccc(Cc2cc(=NC3CC3)n3ncc(=Cc4[nH]c(=O)[nH]c4O)c3n2)c1. The zero-order valence-corrected chi connectivity index (χ0v) is 15.8. The number of hydrogen-bond acceptors (Lipinski definition) is 6. The molecule has 1 saturated carbocycles. The second-order valence-corrected chi connectivity index (χ2v) is 7.28. The summed E-state index contributed by atoms with van der Waals surface area (Å²) in [5, 5.41) is 24.1. The first-order valence-electron chi connectivity index (χ1n) is 9.52. The summed E-state index contributed by atoms with van der Waals surface area (Å²) in [6.07, 6.45) is 5.89. The van der Waals surface area contributed by atoms with E-state index >= 15 is 0 Å². The van der Waals surface area contributed by atoms with E-state index in [1.165, 1.54) is 0 Å². The van der Waals surface area contributed by atoms with Crippen LogP contribution in [0.15, 0.2) is 46.3 Å². The highest BCUT2D eigenvalue weighted by molar-refractivity contribution is 5.56. The third-order valence-electron chi connectivity index (χ3n) is 4.87. The lowest BCUT2D eigenvalue weighted by Crippen LogP contribution is -2.20. The number of nitriles is 1. The van der Waals surface area contributed by atoms with Crippen molar-refractivity contribution in [2.24, 2.45) is 4.99 Å². The van der Waals surface area contributed by atoms with Gasteiger partial charge in [-0.1, -0.05) is 12.1 Å². The molecule has 3 heterocycles. The predicted molar refractivity (Wildman–Crippen MR) is 107 cm³/mol. The van der Waals surface area contributed by atoms with E-state index in [0.29, 0.717) is 34.4 Å². The minimum absolute atomic E-state index is 0.244. The van der Waals surface area contributed by atoms with E-state index in [0.717, 1.165) is 24.1 Å². The largest absolute Gasteiger partial charge is 0.493 e. The zero-order chi connectivity index (χ0) is 20.7. The summed E-state index contributed by atoms with van der Waals surface area (Å²) in [4.78, 5) is 25.8. The van der Waals surface area contributed by atoms with Crippen molar-refractivity contribution < 1.29 is 5.11 Å². The van der Waals surface area contributed by atoms with Crippen LogP contribution in [0.1, 0.15) is 35.4 Å². The van der Waals surface area contributed by atoms with Gasteiger partial charge in [-0.25, -0.2) is 9.78 Å². The minimum atomic E-state index is -0.495. The smallest absolute Gasteiger partial charge is 0.326 e. The number of aromatic amines is 2. The second-order valence-electron chi connectivity index (χ2n) is 7.28. The molecule has 3 aromatic heterocycles. The van der Waals surface area contributed by atoms with Crippen molar-refractivity contribution in [3.63, 3.8) is 0 Å². The molecule has 148 valence electrons. The molecule has 0 radical (unpaired) electrons. The van der Waals surface area contributed by atoms with Gasteiger partial charge in [-0.05, 0) is 36.6 Å². The van der Waals surface area contributed by atoms with Gasteiger partial charge in [-0.3, -0.25) is 9.98 Å². The number of rotatable bonds is 4. The molecular formula is C21H17N7O2. The Morgan fingerprint density at radius 2 is 2.20 bits per heavy atom. The Balaban J connectivity index is 1.67. The Morgan fingerprint density at radius 1 is 1.33 bits per heavy atom. The van der Waals surface area contributed by atoms with Crippen LogP contribution < -0.4 is 16.4 Å². The first-order valence-corrected chi connectivity index (χ1v) is 9.52. The third-order valence-corrected chi connectivity index (χ3v) is 4.87. The average molecular weight is 399 g/mol. The average Bonchev–Trinajstić information content (AvgIpc) is 3.37. The third kappa shape index (κ3) is 3.46. The maximum Gasteiger partial charge on any atom is 0.326 e. The van der Waals surface area contributed by atoms with E-state index in [-0.39, 0.29) is 11.6 Å². The highest BCUT2D eigenvalue weighted by Gasteiger charge is 2.20. The van der Waals surface area contributed by atoms with Crippen molar-refractivity contribution in [1.82, 2.24) is 24.6 Å². The predicted octanol–water partition coefficient (Wildman–Crippen LogP) is 0.525. The van der Waals surface area contributed by atoms with Crippen molar-refractivity contribution in [3.05, 3.63) is 80.2 Å². The van der Waals surface area contributed by atoms with Crippen LogP contribution in [0.3, 0.4) is 0 Å². The molecule has 0 bridgehead atoms. The van der Waals surface area contributed by atoms with Crippen LogP contribution in [0.25, 0.3) is 11.7 Å². The molecule has 9 heteroatoms. The van der Waals surface area contributed by atoms with Crippen LogP contribution in [0, 0.1) is 11.3 Å². The standard InChI is InChI=1S/C21H17N7O2/c22-10-13-3-1-2-12(6-13)7-16-9-18(24-15-4-5-15)28-19(25-16)14(11-23-28)8-17-20(29)27-21(30)26-17/h1-3,6,8-9,11,15,29H,4-5,7H2,(H2,26,27,30). The van der Waals surface area contributed by atoms with Gasteiger partial charge in [-0.15, -0.1) is 0 Å². The van der Waals surface area contributed by atoms with Crippen molar-refractivity contribution in [1.29, 1.82) is 5.26 Å². The van der Waals surface area contributed by atoms with E-state index in [9.17, 15) is 9.90 Å². The van der Waals surface area contributed by atoms with Gasteiger partial charge in [0.15, 0.2) is 11.1 Å². The number of fused-ring (bicyclic) bond motifs is 1. The minimum Gasteiger partial charge on any atom is -0.493 e. The van der Waals surface area contributed by atoms with Crippen LogP contribution in [-0.2, 0) is 6.42 Å². The van der Waals surface area contributed by atoms with Gasteiger partial charge in [-0.2, -0.15) is 14.9 Å². The molecule has 9 nitrogen and oxygen atoms in total. The zero-order valence-electron chi connectivity index (χ0n) is 15.8. The molecule has 0 aliphatic heterocycles. The highest BCUT2D eigenvalue weighted by atomic mass is 16.3. The first-order chi connectivity index (χ1) is 14.6. The van der Waals surface area contributed by atoms with Crippen molar-refractivity contribution in [2.75, 3.05) is 0 Å². The Hall–Kier alpha value is -4.19. The van der Waals surface area contributed by atoms with Crippen molar-refractivity contribution >= 4 is 11.7 Å². The van der Waals surface area contributed by atoms with Gasteiger partial charge < -0.3 is 10.1 Å². The highest BCUT2D eigenvalue weighted by Crippen LogP contribution is 2.22. The lowest BCUT2D eigenvalue weighted by molar-refractivity contribution is 0.454. The maximum atomic E-state index is 11.4. The molecule has 1 aromatic carbocycles. The maximum absolute atomic E-state index is 11.4. The fourth-order valence-corrected chi connectivity index (χ4v) is 3.30. The molecule has 0 atom stereocenters. The van der Waals surface area contributed by atoms with Gasteiger partial charge in [0, 0.05) is 17.7 Å². The lowest BCUT2D eigenvalue weighted by atomic mass is 10.1. The van der Waals surface area contributed by atoms with Crippen LogP contribution in [-0.4, -0.2) is 35.7 Å². The second kappa shape index (κ2) is 7.00. The van der Waals surface area contributed by atoms with Gasteiger partial charge in [0.2, 0.25) is 5.88 Å². The summed E-state index contributed by atoms with van der Waals surface area (Å²) < 4.78 is 1.67. The van der Waals surface area contributed by atoms with E-state index in [1.807, 2.05) is 24.3 Å². The van der Waals surface area contributed by atoms with Crippen LogP contribution in [0.2, 0.25) is 0 Å². The monoisotopic (exact) mass is 399 g/mol. The summed E-state index contributed by atoms with van der Waals surface area (Å²) in [6.45, 7) is 0. The molecule has 4 aromatic rings. The Morgan fingerprint density at radius 3 is 2.93 bits per heavy atom. The van der Waals surface area contributed by atoms with E-state index < -0.39 is 5.69 Å². The fraction of sp³-hybridized carbons (Fsp3) is 0.190. The molecule has 5 rings (SSSR count). The quantitative estimate of drug-likeness (QED) is 0.460.